The second-order valence-corrected chi connectivity index (χ2v) is 10.2. The summed E-state index contributed by atoms with van der Waals surface area (Å²) in [5.74, 6) is 1.25. The number of anilines is 1. The minimum Gasteiger partial charge on any atom is -0.364 e. The van der Waals surface area contributed by atoms with E-state index in [1.165, 1.54) is 26.2 Å². The molecule has 0 atom stereocenters. The van der Waals surface area contributed by atoms with Gasteiger partial charge in [0.1, 0.15) is 5.82 Å². The number of hydrogen-bond donors (Lipinski definition) is 2. The van der Waals surface area contributed by atoms with Crippen LogP contribution in [0.5, 0.6) is 0 Å². The molecule has 0 aliphatic rings. The first-order valence-electron chi connectivity index (χ1n) is 11.8. The van der Waals surface area contributed by atoms with Gasteiger partial charge in [-0.25, -0.2) is 19.7 Å². The summed E-state index contributed by atoms with van der Waals surface area (Å²) in [5.41, 5.74) is 4.59. The molecule has 0 saturated carbocycles. The topological polar surface area (TPSA) is 113 Å². The number of benzene rings is 2. The number of rotatable bonds is 12. The van der Waals surface area contributed by atoms with Crippen LogP contribution in [0.2, 0.25) is 0 Å². The first kappa shape index (κ1) is 27.0. The zero-order valence-corrected chi connectivity index (χ0v) is 22.9. The molecule has 2 N–H and O–H groups in total. The van der Waals surface area contributed by atoms with Gasteiger partial charge in [0.2, 0.25) is 0 Å². The number of nitrogens with one attached hydrogen (secondary N) is 2. The molecular weight excluding hydrogens is 535 g/mol. The second-order valence-electron chi connectivity index (χ2n) is 7.98. The molecule has 0 unspecified atom stereocenters. The van der Waals surface area contributed by atoms with E-state index in [2.05, 4.69) is 47.8 Å². The Morgan fingerprint density at radius 3 is 2.44 bits per heavy atom. The monoisotopic (exact) mass is 560 g/mol. The SMILES string of the molecule is COOP(NSc1cncc(-c2nc(NCc3ccccn3)c3c(-c4ccccc4)cccc3n2)c1)OOC. The van der Waals surface area contributed by atoms with Gasteiger partial charge in [-0.15, -0.1) is 0 Å². The van der Waals surface area contributed by atoms with E-state index in [4.69, 9.17) is 19.3 Å². The van der Waals surface area contributed by atoms with Crippen molar-refractivity contribution in [3.8, 4) is 22.5 Å². The maximum Gasteiger partial charge on any atom is 0.330 e. The van der Waals surface area contributed by atoms with Gasteiger partial charge in [0, 0.05) is 29.0 Å². The Morgan fingerprint density at radius 2 is 1.67 bits per heavy atom. The summed E-state index contributed by atoms with van der Waals surface area (Å²) >= 11 is 1.26. The molecule has 10 nitrogen and oxygen atoms in total. The minimum absolute atomic E-state index is 0.510. The molecule has 5 rings (SSSR count). The van der Waals surface area contributed by atoms with Gasteiger partial charge in [-0.2, -0.15) is 13.8 Å². The third kappa shape index (κ3) is 6.92. The third-order valence-electron chi connectivity index (χ3n) is 5.47. The fourth-order valence-corrected chi connectivity index (χ4v) is 5.40. The summed E-state index contributed by atoms with van der Waals surface area (Å²) < 4.78 is 13.1. The van der Waals surface area contributed by atoms with Crippen LogP contribution in [0, 0.1) is 0 Å². The quantitative estimate of drug-likeness (QED) is 0.0771. The van der Waals surface area contributed by atoms with Gasteiger partial charge in [0.05, 0.1) is 37.4 Å². The smallest absolute Gasteiger partial charge is 0.330 e. The van der Waals surface area contributed by atoms with E-state index in [9.17, 15) is 0 Å². The van der Waals surface area contributed by atoms with Crippen molar-refractivity contribution in [2.45, 2.75) is 11.4 Å². The summed E-state index contributed by atoms with van der Waals surface area (Å²) in [4.78, 5) is 28.9. The van der Waals surface area contributed by atoms with Crippen LogP contribution in [0.15, 0.2) is 96.3 Å². The van der Waals surface area contributed by atoms with E-state index in [-0.39, 0.29) is 0 Å². The van der Waals surface area contributed by atoms with Gasteiger partial charge >= 0.3 is 8.53 Å². The molecule has 198 valence electrons. The van der Waals surface area contributed by atoms with Gasteiger partial charge < -0.3 is 5.32 Å². The van der Waals surface area contributed by atoms with E-state index in [1.807, 2.05) is 54.6 Å². The highest BCUT2D eigenvalue weighted by Crippen LogP contribution is 2.39. The summed E-state index contributed by atoms with van der Waals surface area (Å²) in [7, 11) is 1.15. The van der Waals surface area contributed by atoms with Crippen molar-refractivity contribution in [3.05, 3.63) is 97.1 Å². The lowest BCUT2D eigenvalue weighted by Crippen LogP contribution is -2.06. The highest BCUT2D eigenvalue weighted by molar-refractivity contribution is 8.01. The number of nitrogens with zero attached hydrogens (tertiary/aromatic N) is 4. The highest BCUT2D eigenvalue weighted by atomic mass is 32.2. The van der Waals surface area contributed by atoms with Crippen LogP contribution in [0.4, 0.5) is 5.82 Å². The van der Waals surface area contributed by atoms with Gasteiger partial charge in [-0.3, -0.25) is 9.97 Å². The largest absolute Gasteiger partial charge is 0.364 e. The van der Waals surface area contributed by atoms with Crippen molar-refractivity contribution < 1.29 is 19.1 Å². The standard InChI is InChI=1S/C27H25N6O4PS/c1-34-36-38(37-35-2)33-39-22-15-20(16-28-18-22)26-31-24-13-8-12-23(19-9-4-3-5-10-19)25(24)27(32-26)30-17-21-11-6-7-14-29-21/h3-16,18,33H,17H2,1-2H3,(H,30,31,32). The van der Waals surface area contributed by atoms with E-state index in [0.29, 0.717) is 18.2 Å². The Balaban J connectivity index is 1.52. The maximum absolute atomic E-state index is 5.02. The lowest BCUT2D eigenvalue weighted by atomic mass is 10.0. The van der Waals surface area contributed by atoms with Crippen LogP contribution >= 0.6 is 20.5 Å². The van der Waals surface area contributed by atoms with E-state index < -0.39 is 8.53 Å². The third-order valence-corrected chi connectivity index (χ3v) is 7.45. The first-order chi connectivity index (χ1) is 19.2. The molecule has 12 heteroatoms. The molecule has 0 fully saturated rings. The molecule has 0 amide bonds. The van der Waals surface area contributed by atoms with Crippen molar-refractivity contribution in [2.75, 3.05) is 19.5 Å². The van der Waals surface area contributed by atoms with Crippen molar-refractivity contribution in [1.82, 2.24) is 24.4 Å². The zero-order valence-electron chi connectivity index (χ0n) is 21.1. The lowest BCUT2D eigenvalue weighted by molar-refractivity contribution is -0.231. The molecule has 0 radical (unpaired) electrons. The van der Waals surface area contributed by atoms with Gasteiger partial charge in [-0.05, 0) is 47.3 Å². The van der Waals surface area contributed by atoms with Crippen LogP contribution in [-0.2, 0) is 25.7 Å². The van der Waals surface area contributed by atoms with Crippen LogP contribution < -0.4 is 9.81 Å². The molecule has 39 heavy (non-hydrogen) atoms. The molecule has 2 aromatic carbocycles. The van der Waals surface area contributed by atoms with Crippen molar-refractivity contribution >= 4 is 37.2 Å². The normalized spacial score (nSPS) is 11.3. The van der Waals surface area contributed by atoms with E-state index >= 15 is 0 Å². The van der Waals surface area contributed by atoms with Crippen LogP contribution in [-0.4, -0.2) is 34.2 Å². The van der Waals surface area contributed by atoms with Crippen molar-refractivity contribution in [3.63, 3.8) is 0 Å². The average Bonchev–Trinajstić information content (AvgIpc) is 2.99. The first-order valence-corrected chi connectivity index (χ1v) is 13.8. The molecular formula is C27H25N6O4PS. The predicted octanol–water partition coefficient (Wildman–Crippen LogP) is 6.35. The fourth-order valence-electron chi connectivity index (χ4n) is 3.84. The Bertz CT molecular complexity index is 1510. The highest BCUT2D eigenvalue weighted by Gasteiger charge is 2.16. The maximum atomic E-state index is 5.02. The molecule has 5 aromatic rings. The van der Waals surface area contributed by atoms with E-state index in [1.54, 1.807) is 18.6 Å². The second kappa shape index (κ2) is 13.5. The number of pyridine rings is 2. The van der Waals surface area contributed by atoms with Gasteiger partial charge in [-0.1, -0.05) is 48.5 Å². The summed E-state index contributed by atoms with van der Waals surface area (Å²) in [6.07, 6.45) is 5.22. The number of hydrogen-bond acceptors (Lipinski definition) is 11. The van der Waals surface area contributed by atoms with Crippen LogP contribution in [0.25, 0.3) is 33.4 Å². The van der Waals surface area contributed by atoms with E-state index in [0.717, 1.165) is 38.2 Å². The molecule has 3 heterocycles. The molecule has 0 aliphatic carbocycles. The number of aromatic nitrogens is 4. The molecule has 0 spiro atoms. The summed E-state index contributed by atoms with van der Waals surface area (Å²) in [6, 6.07) is 24.1. The van der Waals surface area contributed by atoms with Crippen LogP contribution in [0.1, 0.15) is 5.69 Å². The lowest BCUT2D eigenvalue weighted by Gasteiger charge is -2.15. The fraction of sp³-hybridized carbons (Fsp3) is 0.111. The van der Waals surface area contributed by atoms with Crippen molar-refractivity contribution in [1.29, 1.82) is 0 Å². The Hall–Kier alpha value is -3.54. The molecule has 0 saturated heterocycles. The Morgan fingerprint density at radius 1 is 0.846 bits per heavy atom. The Labute approximate surface area is 231 Å². The zero-order chi connectivity index (χ0) is 26.9. The average molecular weight is 561 g/mol. The molecule has 0 aliphatic heterocycles. The van der Waals surface area contributed by atoms with Crippen LogP contribution in [0.3, 0.4) is 0 Å². The van der Waals surface area contributed by atoms with Gasteiger partial charge in [0.15, 0.2) is 5.82 Å². The van der Waals surface area contributed by atoms with Gasteiger partial charge in [0.25, 0.3) is 0 Å². The predicted molar refractivity (Wildman–Crippen MR) is 152 cm³/mol. The number of fused-ring (bicyclic) bond motifs is 1. The minimum atomic E-state index is -1.64. The molecule has 3 aromatic heterocycles. The molecule has 0 bridgehead atoms. The van der Waals surface area contributed by atoms with Crippen molar-refractivity contribution in [2.24, 2.45) is 0 Å². The Kier molecular flexibility index (Phi) is 9.36. The summed E-state index contributed by atoms with van der Waals surface area (Å²) in [6.45, 7) is 0.510. The summed E-state index contributed by atoms with van der Waals surface area (Å²) in [5, 5.41) is 4.43.